The molecule has 1 aromatic heterocycles. The number of nitrogens with zero attached hydrogens (tertiary/aromatic N) is 1. The van der Waals surface area contributed by atoms with E-state index in [2.05, 4.69) is 10.3 Å². The third-order valence-corrected chi connectivity index (χ3v) is 4.42. The van der Waals surface area contributed by atoms with Gasteiger partial charge in [0.2, 0.25) is 0 Å². The highest BCUT2D eigenvalue weighted by Crippen LogP contribution is 2.27. The van der Waals surface area contributed by atoms with E-state index in [1.807, 2.05) is 0 Å². The van der Waals surface area contributed by atoms with Gasteiger partial charge in [0.15, 0.2) is 0 Å². The van der Waals surface area contributed by atoms with E-state index < -0.39 is 42.2 Å². The number of amides is 1. The van der Waals surface area contributed by atoms with Crippen molar-refractivity contribution in [3.8, 4) is 0 Å². The predicted octanol–water partition coefficient (Wildman–Crippen LogP) is -1.91. The molecule has 4 atom stereocenters. The van der Waals surface area contributed by atoms with Gasteiger partial charge in [0.25, 0.3) is 11.5 Å². The van der Waals surface area contributed by atoms with E-state index in [4.69, 9.17) is 14.6 Å². The second-order valence-corrected chi connectivity index (χ2v) is 6.17. The molecule has 3 rings (SSSR count). The van der Waals surface area contributed by atoms with Crippen LogP contribution in [-0.4, -0.2) is 63.7 Å². The average molecular weight is 355 g/mol. The Labute approximate surface area is 142 Å². The lowest BCUT2D eigenvalue weighted by Crippen LogP contribution is -2.40. The first-order valence-corrected chi connectivity index (χ1v) is 8.19. The smallest absolute Gasteiger partial charge is 0.330 e. The van der Waals surface area contributed by atoms with Crippen LogP contribution in [0.15, 0.2) is 15.8 Å². The fourth-order valence-corrected chi connectivity index (χ4v) is 3.02. The number of hydrogen-bond donors (Lipinski definition) is 4. The van der Waals surface area contributed by atoms with Crippen LogP contribution in [0.2, 0.25) is 0 Å². The third kappa shape index (κ3) is 3.82. The molecule has 0 radical (unpaired) electrons. The standard InChI is InChI=1S/C15H21N3O7/c19-7-11-10(20)4-12(25-11)18-6-9(14(22)17-15(18)23)13(21)16-5-8-2-1-3-24-8/h6,8,10-12,19-20H,1-5,7H2,(H,16,21)(H,17,22,23)/t8-,10-,11+,12+/m0/s1. The second-order valence-electron chi connectivity index (χ2n) is 6.17. The molecule has 0 unspecified atom stereocenters. The number of aliphatic hydroxyl groups excluding tert-OH is 2. The van der Waals surface area contributed by atoms with Gasteiger partial charge in [-0.05, 0) is 12.8 Å². The van der Waals surface area contributed by atoms with Crippen molar-refractivity contribution in [3.63, 3.8) is 0 Å². The summed E-state index contributed by atoms with van der Waals surface area (Å²) in [6.07, 6.45) is 0.239. The van der Waals surface area contributed by atoms with Gasteiger partial charge in [0, 0.05) is 25.8 Å². The molecular formula is C15H21N3O7. The van der Waals surface area contributed by atoms with Gasteiger partial charge < -0.3 is 25.0 Å². The van der Waals surface area contributed by atoms with Gasteiger partial charge in [-0.1, -0.05) is 0 Å². The molecule has 0 saturated carbocycles. The van der Waals surface area contributed by atoms with Gasteiger partial charge >= 0.3 is 5.69 Å². The number of aromatic nitrogens is 2. The zero-order valence-corrected chi connectivity index (χ0v) is 13.5. The van der Waals surface area contributed by atoms with Crippen LogP contribution in [0.5, 0.6) is 0 Å². The maximum absolute atomic E-state index is 12.3. The Morgan fingerprint density at radius 1 is 1.44 bits per heavy atom. The molecule has 10 heteroatoms. The first-order chi connectivity index (χ1) is 12.0. The van der Waals surface area contributed by atoms with E-state index in [1.54, 1.807) is 0 Å². The van der Waals surface area contributed by atoms with E-state index >= 15 is 0 Å². The molecule has 10 nitrogen and oxygen atoms in total. The number of aliphatic hydroxyl groups is 2. The lowest BCUT2D eigenvalue weighted by Gasteiger charge is -2.15. The molecule has 0 spiro atoms. The van der Waals surface area contributed by atoms with Crippen LogP contribution < -0.4 is 16.6 Å². The molecule has 0 aromatic carbocycles. The lowest BCUT2D eigenvalue weighted by atomic mass is 10.2. The van der Waals surface area contributed by atoms with E-state index in [1.165, 1.54) is 0 Å². The number of rotatable bonds is 5. The predicted molar refractivity (Wildman–Crippen MR) is 84.2 cm³/mol. The van der Waals surface area contributed by atoms with Crippen molar-refractivity contribution in [3.05, 3.63) is 32.6 Å². The van der Waals surface area contributed by atoms with Crippen LogP contribution in [-0.2, 0) is 9.47 Å². The Morgan fingerprint density at radius 3 is 2.88 bits per heavy atom. The van der Waals surface area contributed by atoms with Crippen LogP contribution in [0.1, 0.15) is 35.8 Å². The molecule has 25 heavy (non-hydrogen) atoms. The lowest BCUT2D eigenvalue weighted by molar-refractivity contribution is -0.0459. The quantitative estimate of drug-likeness (QED) is 0.482. The van der Waals surface area contributed by atoms with Crippen molar-refractivity contribution in [2.75, 3.05) is 19.8 Å². The Balaban J connectivity index is 1.77. The van der Waals surface area contributed by atoms with E-state index in [0.29, 0.717) is 6.61 Å². The monoisotopic (exact) mass is 355 g/mol. The Kier molecular flexibility index (Phi) is 5.33. The Hall–Kier alpha value is -2.01. The number of hydrogen-bond acceptors (Lipinski definition) is 7. The fourth-order valence-electron chi connectivity index (χ4n) is 3.02. The Morgan fingerprint density at radius 2 is 2.24 bits per heavy atom. The Bertz CT molecular complexity index is 737. The van der Waals surface area contributed by atoms with Crippen molar-refractivity contribution in [2.24, 2.45) is 0 Å². The minimum atomic E-state index is -0.939. The number of aromatic amines is 1. The molecular weight excluding hydrogens is 334 g/mol. The molecule has 1 aromatic rings. The van der Waals surface area contributed by atoms with Crippen LogP contribution in [0.25, 0.3) is 0 Å². The summed E-state index contributed by atoms with van der Waals surface area (Å²) in [4.78, 5) is 38.3. The molecule has 4 N–H and O–H groups in total. The first kappa shape index (κ1) is 17.8. The fraction of sp³-hybridized carbons (Fsp3) is 0.667. The van der Waals surface area contributed by atoms with Crippen molar-refractivity contribution in [1.29, 1.82) is 0 Å². The van der Waals surface area contributed by atoms with Gasteiger partial charge in [-0.2, -0.15) is 0 Å². The van der Waals surface area contributed by atoms with Crippen molar-refractivity contribution in [1.82, 2.24) is 14.9 Å². The number of carbonyl (C=O) groups excluding carboxylic acids is 1. The highest BCUT2D eigenvalue weighted by molar-refractivity contribution is 5.93. The van der Waals surface area contributed by atoms with E-state index in [0.717, 1.165) is 23.6 Å². The second kappa shape index (κ2) is 7.48. The molecule has 1 amide bonds. The summed E-state index contributed by atoms with van der Waals surface area (Å²) in [6, 6.07) is 0. The zero-order chi connectivity index (χ0) is 18.0. The van der Waals surface area contributed by atoms with Crippen molar-refractivity contribution < 1.29 is 24.5 Å². The normalized spacial score (nSPS) is 29.0. The van der Waals surface area contributed by atoms with Gasteiger partial charge in [-0.15, -0.1) is 0 Å². The summed E-state index contributed by atoms with van der Waals surface area (Å²) in [5, 5.41) is 21.5. The summed E-state index contributed by atoms with van der Waals surface area (Å²) in [7, 11) is 0. The molecule has 0 aliphatic carbocycles. The molecule has 2 aliphatic rings. The van der Waals surface area contributed by atoms with Crippen LogP contribution in [0, 0.1) is 0 Å². The largest absolute Gasteiger partial charge is 0.394 e. The van der Waals surface area contributed by atoms with Gasteiger partial charge in [-0.25, -0.2) is 4.79 Å². The van der Waals surface area contributed by atoms with Crippen LogP contribution >= 0.6 is 0 Å². The molecule has 2 saturated heterocycles. The maximum Gasteiger partial charge on any atom is 0.330 e. The summed E-state index contributed by atoms with van der Waals surface area (Å²) in [6.45, 7) is 0.534. The summed E-state index contributed by atoms with van der Waals surface area (Å²) in [5.41, 5.74) is -1.79. The highest BCUT2D eigenvalue weighted by atomic mass is 16.5. The molecule has 0 bridgehead atoms. The number of ether oxygens (including phenoxy) is 2. The number of H-pyrrole nitrogens is 1. The van der Waals surface area contributed by atoms with Gasteiger partial charge in [-0.3, -0.25) is 19.1 Å². The van der Waals surface area contributed by atoms with Crippen molar-refractivity contribution in [2.45, 2.75) is 43.8 Å². The summed E-state index contributed by atoms with van der Waals surface area (Å²) in [5.74, 6) is -0.622. The third-order valence-electron chi connectivity index (χ3n) is 4.42. The number of carbonyl (C=O) groups is 1. The average Bonchev–Trinajstić information content (AvgIpc) is 3.22. The summed E-state index contributed by atoms with van der Waals surface area (Å²) < 4.78 is 11.8. The van der Waals surface area contributed by atoms with Crippen molar-refractivity contribution >= 4 is 5.91 Å². The minimum absolute atomic E-state index is 0.0636. The highest BCUT2D eigenvalue weighted by Gasteiger charge is 2.35. The number of nitrogens with one attached hydrogen (secondary N) is 2. The molecule has 2 aliphatic heterocycles. The van der Waals surface area contributed by atoms with E-state index in [-0.39, 0.29) is 24.6 Å². The molecule has 2 fully saturated rings. The first-order valence-electron chi connectivity index (χ1n) is 8.19. The van der Waals surface area contributed by atoms with Gasteiger partial charge in [0.1, 0.15) is 17.9 Å². The van der Waals surface area contributed by atoms with E-state index in [9.17, 15) is 19.5 Å². The minimum Gasteiger partial charge on any atom is -0.394 e. The van der Waals surface area contributed by atoms with Gasteiger partial charge in [0.05, 0.1) is 18.8 Å². The van der Waals surface area contributed by atoms with Crippen LogP contribution in [0.3, 0.4) is 0 Å². The van der Waals surface area contributed by atoms with Crippen LogP contribution in [0.4, 0.5) is 0 Å². The molecule has 138 valence electrons. The zero-order valence-electron chi connectivity index (χ0n) is 13.5. The SMILES string of the molecule is O=C(NC[C@@H]1CCCO1)c1cn([C@H]2C[C@H](O)[C@@H](CO)O2)c(=O)[nH]c1=O. The topological polar surface area (TPSA) is 143 Å². The molecule has 3 heterocycles. The maximum atomic E-state index is 12.3. The summed E-state index contributed by atoms with van der Waals surface area (Å²) >= 11 is 0.